The lowest BCUT2D eigenvalue weighted by Crippen LogP contribution is -2.08. The fraction of sp³-hybridized carbons (Fsp3) is 0.273. The number of nitrogens with two attached hydrogens (primary N) is 1. The minimum atomic E-state index is -0.159. The maximum atomic E-state index is 6.11. The van der Waals surface area contributed by atoms with Gasteiger partial charge in [0.05, 0.1) is 9.83 Å². The van der Waals surface area contributed by atoms with Gasteiger partial charge in [-0.3, -0.25) is 0 Å². The van der Waals surface area contributed by atoms with Gasteiger partial charge in [-0.25, -0.2) is 0 Å². The second-order valence-electron chi connectivity index (χ2n) is 3.53. The van der Waals surface area contributed by atoms with Crippen molar-refractivity contribution in [2.45, 2.75) is 19.9 Å². The lowest BCUT2D eigenvalue weighted by molar-refractivity contribution is 0.468. The smallest absolute Gasteiger partial charge is 0.126 e. The average molecular weight is 286 g/mol. The van der Waals surface area contributed by atoms with Crippen LogP contribution < -0.4 is 5.73 Å². The summed E-state index contributed by atoms with van der Waals surface area (Å²) < 4.78 is 6.65. The summed E-state index contributed by atoms with van der Waals surface area (Å²) in [6, 6.07) is 5.80. The van der Waals surface area contributed by atoms with E-state index in [0.717, 1.165) is 20.2 Å². The Hall–Kier alpha value is -0.580. The van der Waals surface area contributed by atoms with E-state index in [4.69, 9.17) is 10.2 Å². The predicted molar refractivity (Wildman–Crippen MR) is 66.2 cm³/mol. The molecule has 0 spiro atoms. The maximum Gasteiger partial charge on any atom is 0.126 e. The van der Waals surface area contributed by atoms with Crippen LogP contribution in [0.2, 0.25) is 0 Å². The van der Waals surface area contributed by atoms with Gasteiger partial charge in [0.15, 0.2) is 0 Å². The van der Waals surface area contributed by atoms with Gasteiger partial charge in [0.1, 0.15) is 11.5 Å². The van der Waals surface area contributed by atoms with Crippen LogP contribution in [-0.4, -0.2) is 0 Å². The Morgan fingerprint density at radius 3 is 2.60 bits per heavy atom. The number of hydrogen-bond donors (Lipinski definition) is 1. The first kappa shape index (κ1) is 10.9. The molecule has 0 bridgehead atoms. The molecule has 0 aliphatic rings. The molecular formula is C11H12BrNOS. The third-order valence-electron chi connectivity index (χ3n) is 2.25. The molecule has 0 aliphatic carbocycles. The standard InChI is InChI=1S/C11H12BrNOS/c1-6-5-9(15-11(6)12)10(13)8-4-3-7(2)14-8/h3-5,10H,13H2,1-2H3. The molecule has 0 saturated carbocycles. The Balaban J connectivity index is 2.31. The summed E-state index contributed by atoms with van der Waals surface area (Å²) >= 11 is 5.15. The summed E-state index contributed by atoms with van der Waals surface area (Å²) in [7, 11) is 0. The van der Waals surface area contributed by atoms with Crippen LogP contribution in [-0.2, 0) is 0 Å². The van der Waals surface area contributed by atoms with E-state index in [1.54, 1.807) is 11.3 Å². The summed E-state index contributed by atoms with van der Waals surface area (Å²) in [4.78, 5) is 1.12. The van der Waals surface area contributed by atoms with Crippen LogP contribution in [0, 0.1) is 13.8 Å². The fourth-order valence-electron chi connectivity index (χ4n) is 1.40. The lowest BCUT2D eigenvalue weighted by Gasteiger charge is -2.04. The van der Waals surface area contributed by atoms with E-state index in [1.807, 2.05) is 19.1 Å². The first-order valence-electron chi connectivity index (χ1n) is 4.65. The van der Waals surface area contributed by atoms with Gasteiger partial charge >= 0.3 is 0 Å². The van der Waals surface area contributed by atoms with Gasteiger partial charge in [-0.15, -0.1) is 11.3 Å². The van der Waals surface area contributed by atoms with Gasteiger partial charge in [-0.2, -0.15) is 0 Å². The van der Waals surface area contributed by atoms with Crippen LogP contribution in [0.3, 0.4) is 0 Å². The minimum Gasteiger partial charge on any atom is -0.464 e. The molecule has 2 nitrogen and oxygen atoms in total. The van der Waals surface area contributed by atoms with Crippen LogP contribution in [0.4, 0.5) is 0 Å². The summed E-state index contributed by atoms with van der Waals surface area (Å²) in [6.45, 7) is 3.98. The summed E-state index contributed by atoms with van der Waals surface area (Å²) in [5.41, 5.74) is 7.32. The molecule has 0 saturated heterocycles. The third-order valence-corrected chi connectivity index (χ3v) is 4.47. The summed E-state index contributed by atoms with van der Waals surface area (Å²) in [5, 5.41) is 0. The molecular weight excluding hydrogens is 274 g/mol. The quantitative estimate of drug-likeness (QED) is 0.912. The van der Waals surface area contributed by atoms with Crippen molar-refractivity contribution < 1.29 is 4.42 Å². The molecule has 1 atom stereocenters. The predicted octanol–water partition coefficient (Wildman–Crippen LogP) is 3.77. The Labute approximate surface area is 101 Å². The van der Waals surface area contributed by atoms with Gasteiger partial charge in [-0.1, -0.05) is 0 Å². The first-order chi connectivity index (χ1) is 7.08. The Morgan fingerprint density at radius 1 is 1.40 bits per heavy atom. The Kier molecular flexibility index (Phi) is 3.00. The zero-order valence-electron chi connectivity index (χ0n) is 8.58. The van der Waals surface area contributed by atoms with Crippen molar-refractivity contribution in [1.82, 2.24) is 0 Å². The van der Waals surface area contributed by atoms with Crippen molar-refractivity contribution >= 4 is 27.3 Å². The number of rotatable bonds is 2. The second-order valence-corrected chi connectivity index (χ2v) is 5.93. The van der Waals surface area contributed by atoms with E-state index in [1.165, 1.54) is 5.56 Å². The van der Waals surface area contributed by atoms with Crippen LogP contribution in [0.15, 0.2) is 26.4 Å². The molecule has 1 unspecified atom stereocenters. The Bertz CT molecular complexity index is 455. The van der Waals surface area contributed by atoms with Gasteiger partial charge < -0.3 is 10.2 Å². The molecule has 80 valence electrons. The molecule has 0 aliphatic heterocycles. The van der Waals surface area contributed by atoms with E-state index in [0.29, 0.717) is 0 Å². The number of aryl methyl sites for hydroxylation is 2. The molecule has 0 amide bonds. The van der Waals surface area contributed by atoms with Gasteiger partial charge in [0.2, 0.25) is 0 Å². The van der Waals surface area contributed by atoms with Gasteiger partial charge in [0, 0.05) is 4.88 Å². The highest BCUT2D eigenvalue weighted by atomic mass is 79.9. The molecule has 2 rings (SSSR count). The number of halogens is 1. The van der Waals surface area contributed by atoms with E-state index in [-0.39, 0.29) is 6.04 Å². The van der Waals surface area contributed by atoms with E-state index in [9.17, 15) is 0 Å². The fourth-order valence-corrected chi connectivity index (χ4v) is 2.98. The first-order valence-corrected chi connectivity index (χ1v) is 6.26. The third kappa shape index (κ3) is 2.17. The Morgan fingerprint density at radius 2 is 2.13 bits per heavy atom. The normalized spacial score (nSPS) is 13.1. The molecule has 2 N–H and O–H groups in total. The highest BCUT2D eigenvalue weighted by molar-refractivity contribution is 9.11. The van der Waals surface area contributed by atoms with E-state index >= 15 is 0 Å². The molecule has 0 fully saturated rings. The summed E-state index contributed by atoms with van der Waals surface area (Å²) in [5.74, 6) is 1.72. The second kappa shape index (κ2) is 4.12. The number of furan rings is 1. The van der Waals surface area contributed by atoms with Crippen LogP contribution >= 0.6 is 27.3 Å². The van der Waals surface area contributed by atoms with Crippen molar-refractivity contribution in [3.05, 3.63) is 43.9 Å². The highest BCUT2D eigenvalue weighted by Crippen LogP contribution is 2.33. The molecule has 15 heavy (non-hydrogen) atoms. The van der Waals surface area contributed by atoms with Crippen molar-refractivity contribution in [3.63, 3.8) is 0 Å². The molecule has 2 aromatic rings. The molecule has 2 heterocycles. The maximum absolute atomic E-state index is 6.11. The highest BCUT2D eigenvalue weighted by Gasteiger charge is 2.15. The zero-order chi connectivity index (χ0) is 11.0. The van der Waals surface area contributed by atoms with E-state index in [2.05, 4.69) is 28.9 Å². The van der Waals surface area contributed by atoms with Gasteiger partial charge in [-0.05, 0) is 53.5 Å². The molecule has 4 heteroatoms. The SMILES string of the molecule is Cc1ccc(C(N)c2cc(C)c(Br)s2)o1. The summed E-state index contributed by atoms with van der Waals surface area (Å²) in [6.07, 6.45) is 0. The topological polar surface area (TPSA) is 39.2 Å². The zero-order valence-corrected chi connectivity index (χ0v) is 11.0. The largest absolute Gasteiger partial charge is 0.464 e. The molecule has 2 aromatic heterocycles. The molecule has 0 aromatic carbocycles. The van der Waals surface area contributed by atoms with Crippen molar-refractivity contribution in [2.24, 2.45) is 5.73 Å². The molecule has 0 radical (unpaired) electrons. The van der Waals surface area contributed by atoms with Crippen molar-refractivity contribution in [1.29, 1.82) is 0 Å². The van der Waals surface area contributed by atoms with Crippen molar-refractivity contribution in [3.8, 4) is 0 Å². The number of hydrogen-bond acceptors (Lipinski definition) is 3. The van der Waals surface area contributed by atoms with Gasteiger partial charge in [0.25, 0.3) is 0 Å². The minimum absolute atomic E-state index is 0.159. The lowest BCUT2D eigenvalue weighted by atomic mass is 10.2. The van der Waals surface area contributed by atoms with Crippen LogP contribution in [0.25, 0.3) is 0 Å². The monoisotopic (exact) mass is 285 g/mol. The average Bonchev–Trinajstić information content (AvgIpc) is 2.74. The van der Waals surface area contributed by atoms with Crippen LogP contribution in [0.5, 0.6) is 0 Å². The number of thiophene rings is 1. The van der Waals surface area contributed by atoms with E-state index < -0.39 is 0 Å². The van der Waals surface area contributed by atoms with Crippen LogP contribution in [0.1, 0.15) is 28.0 Å². The van der Waals surface area contributed by atoms with Crippen molar-refractivity contribution in [2.75, 3.05) is 0 Å².